The number of carbonyl (C=O) groups excluding carboxylic acids is 2. The van der Waals surface area contributed by atoms with Crippen LogP contribution in [0.5, 0.6) is 0 Å². The Kier molecular flexibility index (Phi) is 12.4. The summed E-state index contributed by atoms with van der Waals surface area (Å²) in [6.07, 6.45) is -0.605. The van der Waals surface area contributed by atoms with Crippen molar-refractivity contribution in [2.75, 3.05) is 46.4 Å². The number of carbonyl (C=O) groups is 2. The maximum Gasteiger partial charge on any atom is 0.407 e. The van der Waals surface area contributed by atoms with E-state index >= 15 is 0 Å². The van der Waals surface area contributed by atoms with E-state index in [0.717, 1.165) is 0 Å². The molecule has 0 heterocycles. The molecule has 0 aromatic rings. The molecule has 0 unspecified atom stereocenters. The van der Waals surface area contributed by atoms with Crippen LogP contribution in [0.4, 0.5) is 4.79 Å². The third kappa shape index (κ3) is 14.6. The van der Waals surface area contributed by atoms with Gasteiger partial charge in [-0.25, -0.2) is 9.59 Å². The highest BCUT2D eigenvalue weighted by atomic mass is 16.7. The van der Waals surface area contributed by atoms with Crippen LogP contribution in [0.1, 0.15) is 13.8 Å². The fraction of sp³-hybridized carbons (Fsp3) is 0.600. The average molecular weight is 331 g/mol. The molecule has 0 rings (SSSR count). The molecular formula is C15H25NO7. The molecule has 0 spiro atoms. The van der Waals surface area contributed by atoms with Crippen molar-refractivity contribution in [1.29, 1.82) is 0 Å². The normalized spacial score (nSPS) is 9.83. The van der Waals surface area contributed by atoms with E-state index in [1.165, 1.54) is 0 Å². The van der Waals surface area contributed by atoms with Gasteiger partial charge >= 0.3 is 12.1 Å². The zero-order valence-electron chi connectivity index (χ0n) is 13.7. The van der Waals surface area contributed by atoms with Crippen molar-refractivity contribution in [2.45, 2.75) is 13.8 Å². The summed E-state index contributed by atoms with van der Waals surface area (Å²) in [7, 11) is 0. The molecule has 0 fully saturated rings. The number of hydrogen-bond acceptors (Lipinski definition) is 7. The van der Waals surface area contributed by atoms with Gasteiger partial charge in [0.15, 0.2) is 6.79 Å². The number of allylic oxidation sites excluding steroid dienone is 1. The summed E-state index contributed by atoms with van der Waals surface area (Å²) in [5, 5.41) is 2.43. The standard InChI is InChI=1S/C15H25NO7/c1-12(2)14(17)21-6-5-16-15(18)22-10-9-19-7-8-20-11-23-13(3)4/h1,3,5-11H2,2,4H3,(H,16,18). The molecular weight excluding hydrogens is 306 g/mol. The molecule has 0 saturated carbocycles. The number of esters is 1. The minimum absolute atomic E-state index is 0.0564. The lowest BCUT2D eigenvalue weighted by Crippen LogP contribution is -2.29. The first kappa shape index (κ1) is 20.9. The average Bonchev–Trinajstić information content (AvgIpc) is 2.49. The van der Waals surface area contributed by atoms with E-state index in [2.05, 4.69) is 18.5 Å². The van der Waals surface area contributed by atoms with Gasteiger partial charge < -0.3 is 29.0 Å². The summed E-state index contributed by atoms with van der Waals surface area (Å²) >= 11 is 0. The molecule has 0 aliphatic carbocycles. The highest BCUT2D eigenvalue weighted by Crippen LogP contribution is 1.91. The van der Waals surface area contributed by atoms with Gasteiger partial charge in [-0.3, -0.25) is 0 Å². The number of ether oxygens (including phenoxy) is 5. The third-order valence-electron chi connectivity index (χ3n) is 2.17. The van der Waals surface area contributed by atoms with Crippen molar-refractivity contribution in [1.82, 2.24) is 5.32 Å². The second-order valence-electron chi connectivity index (χ2n) is 4.46. The molecule has 23 heavy (non-hydrogen) atoms. The largest absolute Gasteiger partial charge is 0.473 e. The highest BCUT2D eigenvalue weighted by Gasteiger charge is 2.04. The minimum atomic E-state index is -0.605. The second-order valence-corrected chi connectivity index (χ2v) is 4.46. The van der Waals surface area contributed by atoms with Gasteiger partial charge in [-0.05, 0) is 13.8 Å². The van der Waals surface area contributed by atoms with E-state index in [1.807, 2.05) is 0 Å². The Morgan fingerprint density at radius 3 is 2.17 bits per heavy atom. The van der Waals surface area contributed by atoms with Crippen LogP contribution in [0.3, 0.4) is 0 Å². The van der Waals surface area contributed by atoms with Crippen LogP contribution in [0, 0.1) is 0 Å². The highest BCUT2D eigenvalue weighted by molar-refractivity contribution is 5.86. The molecule has 8 heteroatoms. The van der Waals surface area contributed by atoms with Crippen LogP contribution in [0.25, 0.3) is 0 Å². The summed E-state index contributed by atoms with van der Waals surface area (Å²) in [5.41, 5.74) is 0.305. The molecule has 0 aliphatic heterocycles. The van der Waals surface area contributed by atoms with E-state index in [9.17, 15) is 9.59 Å². The first-order valence-corrected chi connectivity index (χ1v) is 7.10. The Labute approximate surface area is 136 Å². The van der Waals surface area contributed by atoms with E-state index in [0.29, 0.717) is 24.5 Å². The minimum Gasteiger partial charge on any atom is -0.473 e. The van der Waals surface area contributed by atoms with Gasteiger partial charge in [-0.2, -0.15) is 0 Å². The monoisotopic (exact) mass is 331 g/mol. The fourth-order valence-corrected chi connectivity index (χ4v) is 1.09. The van der Waals surface area contributed by atoms with Crippen molar-refractivity contribution in [3.05, 3.63) is 24.5 Å². The van der Waals surface area contributed by atoms with Gasteiger partial charge in [0, 0.05) is 5.57 Å². The summed E-state index contributed by atoms with van der Waals surface area (Å²) in [5.74, 6) is 0.0872. The molecule has 0 aromatic heterocycles. The number of nitrogens with one attached hydrogen (secondary N) is 1. The van der Waals surface area contributed by atoms with Crippen LogP contribution in [-0.2, 0) is 28.5 Å². The fourth-order valence-electron chi connectivity index (χ4n) is 1.09. The van der Waals surface area contributed by atoms with Gasteiger partial charge in [0.1, 0.15) is 13.2 Å². The smallest absolute Gasteiger partial charge is 0.407 e. The lowest BCUT2D eigenvalue weighted by Gasteiger charge is -2.09. The van der Waals surface area contributed by atoms with Gasteiger partial charge in [-0.1, -0.05) is 13.2 Å². The molecule has 132 valence electrons. The van der Waals surface area contributed by atoms with Crippen LogP contribution >= 0.6 is 0 Å². The van der Waals surface area contributed by atoms with Crippen LogP contribution in [0.15, 0.2) is 24.5 Å². The predicted octanol–water partition coefficient (Wildman–Crippen LogP) is 1.37. The van der Waals surface area contributed by atoms with Crippen molar-refractivity contribution in [3.8, 4) is 0 Å². The summed E-state index contributed by atoms with van der Waals surface area (Å²) in [4.78, 5) is 22.3. The predicted molar refractivity (Wildman–Crippen MR) is 82.7 cm³/mol. The van der Waals surface area contributed by atoms with Crippen molar-refractivity contribution < 1.29 is 33.3 Å². The van der Waals surface area contributed by atoms with Crippen LogP contribution in [0.2, 0.25) is 0 Å². The first-order chi connectivity index (χ1) is 10.9. The van der Waals surface area contributed by atoms with Gasteiger partial charge in [0.2, 0.25) is 0 Å². The molecule has 0 atom stereocenters. The van der Waals surface area contributed by atoms with Crippen molar-refractivity contribution in [2.24, 2.45) is 0 Å². The first-order valence-electron chi connectivity index (χ1n) is 7.10. The summed E-state index contributed by atoms with van der Waals surface area (Å²) in [6.45, 7) is 11.7. The van der Waals surface area contributed by atoms with Gasteiger partial charge in [0.05, 0.1) is 32.1 Å². The Bertz CT molecular complexity index is 395. The quantitative estimate of drug-likeness (QED) is 0.179. The SMILES string of the molecule is C=C(C)OCOCCOCCOC(=O)NCCOC(=O)C(=C)C. The molecule has 0 radical (unpaired) electrons. The van der Waals surface area contributed by atoms with Gasteiger partial charge in [0.25, 0.3) is 0 Å². The van der Waals surface area contributed by atoms with Crippen LogP contribution in [-0.4, -0.2) is 58.4 Å². The Morgan fingerprint density at radius 2 is 1.52 bits per heavy atom. The topological polar surface area (TPSA) is 92.3 Å². The zero-order chi connectivity index (χ0) is 17.5. The molecule has 1 N–H and O–H groups in total. The molecule has 0 aliphatic rings. The summed E-state index contributed by atoms with van der Waals surface area (Å²) < 4.78 is 24.9. The maximum absolute atomic E-state index is 11.3. The number of rotatable bonds is 13. The third-order valence-corrected chi connectivity index (χ3v) is 2.17. The number of alkyl carbamates (subject to hydrolysis) is 1. The maximum atomic E-state index is 11.3. The summed E-state index contributed by atoms with van der Waals surface area (Å²) in [6, 6.07) is 0. The van der Waals surface area contributed by atoms with E-state index in [-0.39, 0.29) is 33.2 Å². The van der Waals surface area contributed by atoms with E-state index < -0.39 is 12.1 Å². The molecule has 0 saturated heterocycles. The van der Waals surface area contributed by atoms with E-state index in [4.69, 9.17) is 23.7 Å². The zero-order valence-corrected chi connectivity index (χ0v) is 13.7. The van der Waals surface area contributed by atoms with Crippen molar-refractivity contribution >= 4 is 12.1 Å². The Morgan fingerprint density at radius 1 is 0.870 bits per heavy atom. The Hall–Kier alpha value is -2.06. The lowest BCUT2D eigenvalue weighted by atomic mass is 10.4. The Balaban J connectivity index is 3.32. The lowest BCUT2D eigenvalue weighted by molar-refractivity contribution is -0.138. The second kappa shape index (κ2) is 13.6. The van der Waals surface area contributed by atoms with Crippen LogP contribution < -0.4 is 5.32 Å². The molecule has 0 bridgehead atoms. The van der Waals surface area contributed by atoms with Gasteiger partial charge in [-0.15, -0.1) is 0 Å². The molecule has 0 aromatic carbocycles. The molecule has 1 amide bonds. The van der Waals surface area contributed by atoms with Crippen molar-refractivity contribution in [3.63, 3.8) is 0 Å². The molecule has 8 nitrogen and oxygen atoms in total. The number of hydrogen-bond donors (Lipinski definition) is 1. The number of amides is 1. The van der Waals surface area contributed by atoms with E-state index in [1.54, 1.807) is 13.8 Å².